The molecule has 12 rings (SSSR count). The zero-order valence-electron chi connectivity index (χ0n) is 28.3. The molecule has 7 aromatic rings. The van der Waals surface area contributed by atoms with Crippen molar-refractivity contribution in [1.82, 2.24) is 0 Å². The number of hydrogen-bond donors (Lipinski definition) is 0. The van der Waals surface area contributed by atoms with Gasteiger partial charge in [0.1, 0.15) is 23.0 Å². The van der Waals surface area contributed by atoms with E-state index >= 15 is 0 Å². The summed E-state index contributed by atoms with van der Waals surface area (Å²) >= 11 is 0. The van der Waals surface area contributed by atoms with E-state index in [9.17, 15) is 0 Å². The van der Waals surface area contributed by atoms with E-state index in [4.69, 9.17) is 9.47 Å². The number of hydrogen-bond acceptors (Lipinski definition) is 4. The second-order valence-corrected chi connectivity index (χ2v) is 14.2. The van der Waals surface area contributed by atoms with Gasteiger partial charge in [0.15, 0.2) is 0 Å². The van der Waals surface area contributed by atoms with Gasteiger partial charge in [0, 0.05) is 34.1 Å². The van der Waals surface area contributed by atoms with E-state index < -0.39 is 0 Å². The van der Waals surface area contributed by atoms with Gasteiger partial charge in [-0.25, -0.2) is 0 Å². The van der Waals surface area contributed by atoms with E-state index in [1.165, 1.54) is 66.3 Å². The third kappa shape index (κ3) is 3.73. The molecule has 0 fully saturated rings. The minimum Gasteiger partial charge on any atom is -0.458 e. The van der Waals surface area contributed by atoms with Crippen LogP contribution < -0.4 is 52.1 Å². The minimum atomic E-state index is -0.000576. The Morgan fingerprint density at radius 2 is 0.942 bits per heavy atom. The number of rotatable bonds is 2. The molecule has 7 aromatic carbocycles. The van der Waals surface area contributed by atoms with Crippen molar-refractivity contribution in [2.24, 2.45) is 0 Å². The number of benzene rings is 7. The summed E-state index contributed by atoms with van der Waals surface area (Å²) < 4.78 is 13.8. The largest absolute Gasteiger partial charge is 0.458 e. The second-order valence-electron chi connectivity index (χ2n) is 14.2. The molecule has 6 heteroatoms. The quantitative estimate of drug-likeness (QED) is 0.178. The zero-order valence-corrected chi connectivity index (χ0v) is 28.3. The van der Waals surface area contributed by atoms with Gasteiger partial charge in [0.2, 0.25) is 0 Å². The Morgan fingerprint density at radius 3 is 1.54 bits per heavy atom. The van der Waals surface area contributed by atoms with Crippen LogP contribution in [0, 0.1) is 0 Å². The van der Waals surface area contributed by atoms with Crippen molar-refractivity contribution < 1.29 is 9.47 Å². The molecule has 0 amide bonds. The van der Waals surface area contributed by atoms with Crippen LogP contribution in [0.15, 0.2) is 163 Å². The average molecular weight is 664 g/mol. The molecule has 0 unspecified atom stereocenters. The molecule has 242 valence electrons. The molecule has 0 saturated heterocycles. The molecule has 5 aliphatic rings. The van der Waals surface area contributed by atoms with Gasteiger partial charge >= 0.3 is 0 Å². The summed E-state index contributed by atoms with van der Waals surface area (Å²) in [6.07, 6.45) is 9.04. The van der Waals surface area contributed by atoms with E-state index in [2.05, 4.69) is 168 Å². The molecule has 0 N–H and O–H groups in total. The van der Waals surface area contributed by atoms with Gasteiger partial charge < -0.3 is 19.3 Å². The second kappa shape index (κ2) is 10.6. The molecule has 0 aromatic heterocycles. The van der Waals surface area contributed by atoms with Crippen LogP contribution >= 0.6 is 0 Å². The van der Waals surface area contributed by atoms with Crippen LogP contribution in [-0.4, -0.2) is 13.4 Å². The highest BCUT2D eigenvalue weighted by molar-refractivity contribution is 7.02. The molecule has 4 heterocycles. The maximum atomic E-state index is 6.88. The Kier molecular flexibility index (Phi) is 5.75. The summed E-state index contributed by atoms with van der Waals surface area (Å²) in [7, 11) is 0. The fourth-order valence-corrected chi connectivity index (χ4v) is 9.58. The maximum Gasteiger partial charge on any atom is 0.257 e. The molecular formula is C46H30B2N2O2. The summed E-state index contributed by atoms with van der Waals surface area (Å²) in [5.74, 6) is 3.67. The van der Waals surface area contributed by atoms with Crippen molar-refractivity contribution in [2.75, 3.05) is 9.80 Å². The topological polar surface area (TPSA) is 24.9 Å². The van der Waals surface area contributed by atoms with Gasteiger partial charge in [-0.1, -0.05) is 91.0 Å². The van der Waals surface area contributed by atoms with Crippen LogP contribution in [-0.2, 0) is 0 Å². The highest BCUT2D eigenvalue weighted by Gasteiger charge is 2.45. The summed E-state index contributed by atoms with van der Waals surface area (Å²) in [4.78, 5) is 4.82. The van der Waals surface area contributed by atoms with Gasteiger partial charge in [0.05, 0.1) is 0 Å². The number of nitrogens with zero attached hydrogens (tertiary/aromatic N) is 2. The third-order valence-corrected chi connectivity index (χ3v) is 11.6. The van der Waals surface area contributed by atoms with E-state index in [0.29, 0.717) is 0 Å². The fourth-order valence-electron chi connectivity index (χ4n) is 9.58. The van der Waals surface area contributed by atoms with Gasteiger partial charge in [-0.15, -0.1) is 0 Å². The summed E-state index contributed by atoms with van der Waals surface area (Å²) in [5.41, 5.74) is 14.5. The Morgan fingerprint density at radius 1 is 0.423 bits per heavy atom. The number of fused-ring (bicyclic) bond motifs is 11. The molecule has 0 radical (unpaired) electrons. The first kappa shape index (κ1) is 28.3. The first-order chi connectivity index (χ1) is 25.8. The van der Waals surface area contributed by atoms with Crippen LogP contribution in [0.3, 0.4) is 0 Å². The smallest absolute Gasteiger partial charge is 0.257 e. The first-order valence-electron chi connectivity index (χ1n) is 18.2. The molecule has 1 aliphatic carbocycles. The lowest BCUT2D eigenvalue weighted by molar-refractivity contribution is 0.486. The Bertz CT molecular complexity index is 2740. The van der Waals surface area contributed by atoms with Crippen LogP contribution in [0.4, 0.5) is 28.4 Å². The standard InChI is InChI=1S/C46H30B2N2O2/c1-3-13-29(14-4-1)49-35-19-9-7-17-33(35)47-43-31-25-28-42-44(32(31)26-27-41(43)51-39-23-11-21-37(49)45(39)47)48-34-18-8-10-20-36(34)50(30-15-5-2-6-16-30)38-22-12-24-40(52-42)46(38)48/h1,3-5,7-28H,2,6H2. The van der Waals surface area contributed by atoms with Crippen molar-refractivity contribution in [2.45, 2.75) is 12.8 Å². The van der Waals surface area contributed by atoms with Gasteiger partial charge in [-0.2, -0.15) is 0 Å². The van der Waals surface area contributed by atoms with E-state index in [1.807, 2.05) is 0 Å². The lowest BCUT2D eigenvalue weighted by Crippen LogP contribution is -2.61. The molecule has 0 atom stereocenters. The van der Waals surface area contributed by atoms with E-state index in [1.54, 1.807) is 0 Å². The van der Waals surface area contributed by atoms with Gasteiger partial charge in [-0.05, 0) is 123 Å². The number of anilines is 5. The van der Waals surface area contributed by atoms with Crippen molar-refractivity contribution in [3.63, 3.8) is 0 Å². The van der Waals surface area contributed by atoms with Crippen molar-refractivity contribution in [3.05, 3.63) is 163 Å². The first-order valence-corrected chi connectivity index (χ1v) is 18.2. The summed E-state index contributed by atoms with van der Waals surface area (Å²) in [6.45, 7) is 0.0104. The van der Waals surface area contributed by atoms with E-state index in [0.717, 1.165) is 47.2 Å². The predicted molar refractivity (Wildman–Crippen MR) is 216 cm³/mol. The minimum absolute atomic E-state index is 0.000576. The monoisotopic (exact) mass is 664 g/mol. The van der Waals surface area contributed by atoms with Crippen LogP contribution in [0.2, 0.25) is 0 Å². The highest BCUT2D eigenvalue weighted by atomic mass is 16.5. The van der Waals surface area contributed by atoms with Crippen LogP contribution in [0.5, 0.6) is 23.0 Å². The average Bonchev–Trinajstić information content (AvgIpc) is 3.21. The molecule has 4 nitrogen and oxygen atoms in total. The molecule has 0 bridgehead atoms. The fraction of sp³-hybridized carbons (Fsp3) is 0.0435. The number of para-hydroxylation sites is 3. The lowest BCUT2D eigenvalue weighted by atomic mass is 9.32. The van der Waals surface area contributed by atoms with Crippen molar-refractivity contribution in [3.8, 4) is 23.0 Å². The molecule has 0 spiro atoms. The summed E-state index contributed by atoms with van der Waals surface area (Å²) in [6, 6.07) is 50.4. The Hall–Kier alpha value is -6.39. The van der Waals surface area contributed by atoms with Crippen molar-refractivity contribution in [1.29, 1.82) is 0 Å². The predicted octanol–water partition coefficient (Wildman–Crippen LogP) is 7.55. The lowest BCUT2D eigenvalue weighted by Gasteiger charge is -2.41. The van der Waals surface area contributed by atoms with Crippen LogP contribution in [0.1, 0.15) is 12.8 Å². The van der Waals surface area contributed by atoms with Crippen LogP contribution in [0.25, 0.3) is 10.8 Å². The Balaban J connectivity index is 1.11. The highest BCUT2D eigenvalue weighted by Crippen LogP contribution is 2.43. The molecular weight excluding hydrogens is 634 g/mol. The number of ether oxygens (including phenoxy) is 2. The van der Waals surface area contributed by atoms with E-state index in [-0.39, 0.29) is 13.4 Å². The SMILES string of the molecule is C1=CC(N2c3ccccc3B3c4c(cccc42)Oc2ccc4c5c(ccc4c23)Oc2cccc3c2B5c2ccccc2N3c2ccccc2)=CCC1. The molecule has 52 heavy (non-hydrogen) atoms. The third-order valence-electron chi connectivity index (χ3n) is 11.6. The zero-order chi connectivity index (χ0) is 33.9. The normalized spacial score (nSPS) is 15.3. The maximum absolute atomic E-state index is 6.88. The van der Waals surface area contributed by atoms with Gasteiger partial charge in [-0.3, -0.25) is 0 Å². The van der Waals surface area contributed by atoms with Gasteiger partial charge in [0.25, 0.3) is 13.4 Å². The molecule has 0 saturated carbocycles. The van der Waals surface area contributed by atoms with Crippen molar-refractivity contribution >= 4 is 85.4 Å². The number of allylic oxidation sites excluding steroid dienone is 3. The molecule has 4 aliphatic heterocycles. The Labute approximate surface area is 303 Å². The summed E-state index contributed by atoms with van der Waals surface area (Å²) in [5, 5.41) is 2.40.